The molecule has 0 aromatic carbocycles. The Morgan fingerprint density at radius 3 is 1.88 bits per heavy atom. The van der Waals surface area contributed by atoms with Gasteiger partial charge in [0.25, 0.3) is 0 Å². The lowest BCUT2D eigenvalue weighted by atomic mass is 9.79. The maximum atomic E-state index is 6.41. The van der Waals surface area contributed by atoms with Gasteiger partial charge in [-0.3, -0.25) is 0 Å². The van der Waals surface area contributed by atoms with E-state index in [-0.39, 0.29) is 0 Å². The van der Waals surface area contributed by atoms with Crippen molar-refractivity contribution >= 4 is 11.6 Å². The highest BCUT2D eigenvalue weighted by atomic mass is 35.5. The highest BCUT2D eigenvalue weighted by Gasteiger charge is 2.22. The molecule has 0 fully saturated rings. The van der Waals surface area contributed by atoms with Crippen LogP contribution < -0.4 is 0 Å². The minimum atomic E-state index is 0.358. The molecule has 0 nitrogen and oxygen atoms in total. The monoisotopic (exact) mass is 246 g/mol. The number of alkyl halides is 1. The van der Waals surface area contributed by atoms with Crippen LogP contribution in [0.2, 0.25) is 0 Å². The summed E-state index contributed by atoms with van der Waals surface area (Å²) in [5, 5.41) is 0.358. The molecule has 0 aliphatic carbocycles. The zero-order valence-corrected chi connectivity index (χ0v) is 13.1. The Hall–Kier alpha value is 0.290. The van der Waals surface area contributed by atoms with Gasteiger partial charge in [-0.15, -0.1) is 11.6 Å². The number of hydrogen-bond donors (Lipinski definition) is 0. The summed E-state index contributed by atoms with van der Waals surface area (Å²) in [7, 11) is 0. The molecule has 0 aromatic heterocycles. The second kappa shape index (κ2) is 6.28. The van der Waals surface area contributed by atoms with Gasteiger partial charge in [-0.2, -0.15) is 0 Å². The van der Waals surface area contributed by atoms with Crippen LogP contribution in [-0.2, 0) is 0 Å². The molecule has 0 amide bonds. The van der Waals surface area contributed by atoms with E-state index < -0.39 is 0 Å². The van der Waals surface area contributed by atoms with Crippen LogP contribution in [0.5, 0.6) is 0 Å². The summed E-state index contributed by atoms with van der Waals surface area (Å²) in [6.07, 6.45) is 4.85. The highest BCUT2D eigenvalue weighted by molar-refractivity contribution is 6.20. The maximum absolute atomic E-state index is 6.41. The molecule has 1 heteroatoms. The summed E-state index contributed by atoms with van der Waals surface area (Å²) in [5.41, 5.74) is 0.837. The molecule has 0 aliphatic rings. The summed E-state index contributed by atoms with van der Waals surface area (Å²) in [4.78, 5) is 0. The van der Waals surface area contributed by atoms with Crippen LogP contribution in [0.1, 0.15) is 74.1 Å². The fourth-order valence-electron chi connectivity index (χ4n) is 1.71. The lowest BCUT2D eigenvalue weighted by Crippen LogP contribution is -2.21. The predicted octanol–water partition coefficient (Wildman–Crippen LogP) is 5.88. The van der Waals surface area contributed by atoms with E-state index in [2.05, 4.69) is 48.5 Å². The van der Waals surface area contributed by atoms with Gasteiger partial charge in [0, 0.05) is 5.38 Å². The quantitative estimate of drug-likeness (QED) is 0.531. The molecule has 0 heterocycles. The molecule has 0 bridgehead atoms. The minimum Gasteiger partial charge on any atom is -0.123 e. The first-order chi connectivity index (χ1) is 7.02. The molecule has 0 aromatic rings. The summed E-state index contributed by atoms with van der Waals surface area (Å²) in [6, 6.07) is 0. The zero-order valence-electron chi connectivity index (χ0n) is 12.4. The van der Waals surface area contributed by atoms with Crippen molar-refractivity contribution in [2.45, 2.75) is 79.5 Å². The summed E-state index contributed by atoms with van der Waals surface area (Å²) >= 11 is 6.41. The highest BCUT2D eigenvalue weighted by Crippen LogP contribution is 2.32. The fraction of sp³-hybridized carbons (Fsp3) is 1.00. The number of halogens is 1. The van der Waals surface area contributed by atoms with Gasteiger partial charge in [-0.05, 0) is 36.0 Å². The van der Waals surface area contributed by atoms with Crippen LogP contribution in [0, 0.1) is 16.7 Å². The maximum Gasteiger partial charge on any atom is 0.0338 e. The summed E-state index contributed by atoms with van der Waals surface area (Å²) in [5.74, 6) is 0.699. The van der Waals surface area contributed by atoms with Crippen LogP contribution in [0.3, 0.4) is 0 Å². The first-order valence-corrected chi connectivity index (χ1v) is 7.10. The van der Waals surface area contributed by atoms with Crippen molar-refractivity contribution < 1.29 is 0 Å². The van der Waals surface area contributed by atoms with Gasteiger partial charge < -0.3 is 0 Å². The molecule has 0 rings (SSSR count). The van der Waals surface area contributed by atoms with E-state index in [4.69, 9.17) is 11.6 Å². The van der Waals surface area contributed by atoms with Gasteiger partial charge in [-0.25, -0.2) is 0 Å². The Kier molecular flexibility index (Phi) is 6.40. The zero-order chi connectivity index (χ0) is 13.0. The van der Waals surface area contributed by atoms with Gasteiger partial charge in [0.1, 0.15) is 0 Å². The second-order valence-electron chi connectivity index (χ2n) is 7.55. The van der Waals surface area contributed by atoms with Gasteiger partial charge in [-0.1, -0.05) is 54.9 Å². The van der Waals surface area contributed by atoms with Crippen molar-refractivity contribution in [3.63, 3.8) is 0 Å². The number of rotatable bonds is 5. The van der Waals surface area contributed by atoms with Gasteiger partial charge >= 0.3 is 0 Å². The third kappa shape index (κ3) is 8.44. The van der Waals surface area contributed by atoms with Crippen LogP contribution in [-0.4, -0.2) is 5.38 Å². The number of hydrogen-bond acceptors (Lipinski definition) is 0. The van der Waals surface area contributed by atoms with Crippen molar-refractivity contribution in [2.75, 3.05) is 0 Å². The smallest absolute Gasteiger partial charge is 0.0338 e. The van der Waals surface area contributed by atoms with Gasteiger partial charge in [0.15, 0.2) is 0 Å². The Balaban J connectivity index is 3.79. The molecule has 0 aliphatic heterocycles. The van der Waals surface area contributed by atoms with Crippen molar-refractivity contribution in [3.8, 4) is 0 Å². The Morgan fingerprint density at radius 2 is 1.50 bits per heavy atom. The van der Waals surface area contributed by atoms with Crippen molar-refractivity contribution in [2.24, 2.45) is 16.7 Å². The van der Waals surface area contributed by atoms with Crippen LogP contribution in [0.25, 0.3) is 0 Å². The molecule has 0 saturated heterocycles. The van der Waals surface area contributed by atoms with Crippen molar-refractivity contribution in [1.29, 1.82) is 0 Å². The van der Waals surface area contributed by atoms with E-state index in [1.165, 1.54) is 19.3 Å². The molecule has 0 radical (unpaired) electrons. The molecule has 2 unspecified atom stereocenters. The third-order valence-electron chi connectivity index (χ3n) is 3.53. The van der Waals surface area contributed by atoms with Crippen molar-refractivity contribution in [1.82, 2.24) is 0 Å². The SMILES string of the molecule is CC(CC(Cl)CCCC(C)(C)C)C(C)(C)C. The Morgan fingerprint density at radius 1 is 1.00 bits per heavy atom. The molecule has 0 saturated carbocycles. The average molecular weight is 247 g/mol. The molecule has 16 heavy (non-hydrogen) atoms. The minimum absolute atomic E-state index is 0.358. The molecule has 0 spiro atoms. The molecular formula is C15H31Cl. The molecular weight excluding hydrogens is 216 g/mol. The van der Waals surface area contributed by atoms with Gasteiger partial charge in [0.05, 0.1) is 0 Å². The average Bonchev–Trinajstić information content (AvgIpc) is 1.99. The van der Waals surface area contributed by atoms with Gasteiger partial charge in [0.2, 0.25) is 0 Å². The van der Waals surface area contributed by atoms with E-state index in [1.54, 1.807) is 0 Å². The molecule has 98 valence electrons. The van der Waals surface area contributed by atoms with Crippen molar-refractivity contribution in [3.05, 3.63) is 0 Å². The molecule has 0 N–H and O–H groups in total. The first-order valence-electron chi connectivity index (χ1n) is 6.66. The van der Waals surface area contributed by atoms with Crippen LogP contribution in [0.15, 0.2) is 0 Å². The Bertz CT molecular complexity index is 183. The largest absolute Gasteiger partial charge is 0.123 e. The summed E-state index contributed by atoms with van der Waals surface area (Å²) in [6.45, 7) is 16.1. The van der Waals surface area contributed by atoms with E-state index in [9.17, 15) is 0 Å². The van der Waals surface area contributed by atoms with Crippen LogP contribution in [0.4, 0.5) is 0 Å². The van der Waals surface area contributed by atoms with E-state index >= 15 is 0 Å². The second-order valence-corrected chi connectivity index (χ2v) is 8.17. The lowest BCUT2D eigenvalue weighted by Gasteiger charge is -2.29. The predicted molar refractivity (Wildman–Crippen MR) is 76.2 cm³/mol. The Labute approximate surface area is 108 Å². The topological polar surface area (TPSA) is 0 Å². The third-order valence-corrected chi connectivity index (χ3v) is 3.93. The lowest BCUT2D eigenvalue weighted by molar-refractivity contribution is 0.240. The molecule has 2 atom stereocenters. The van der Waals surface area contributed by atoms with E-state index in [1.807, 2.05) is 0 Å². The first kappa shape index (κ1) is 16.3. The van der Waals surface area contributed by atoms with E-state index in [0.29, 0.717) is 22.1 Å². The standard InChI is InChI=1S/C15H31Cl/c1-12(15(5,6)7)11-13(16)9-8-10-14(2,3)4/h12-13H,8-11H2,1-7H3. The van der Waals surface area contributed by atoms with E-state index in [0.717, 1.165) is 6.42 Å². The fourth-order valence-corrected chi connectivity index (χ4v) is 2.13. The van der Waals surface area contributed by atoms with Crippen LogP contribution >= 0.6 is 11.6 Å². The summed E-state index contributed by atoms with van der Waals surface area (Å²) < 4.78 is 0. The normalized spacial score (nSPS) is 17.2.